The zero-order valence-electron chi connectivity index (χ0n) is 12.9. The second-order valence-corrected chi connectivity index (χ2v) is 8.03. The molecular formula is C17H16BrN3O2S. The normalized spacial score (nSPS) is 19.6. The molecule has 24 heavy (non-hydrogen) atoms. The molecular weight excluding hydrogens is 390 g/mol. The fourth-order valence-electron chi connectivity index (χ4n) is 3.24. The summed E-state index contributed by atoms with van der Waals surface area (Å²) in [5.74, 6) is -0.489. The summed E-state index contributed by atoms with van der Waals surface area (Å²) in [5, 5.41) is 3.56. The number of thiazole rings is 1. The van der Waals surface area contributed by atoms with E-state index >= 15 is 0 Å². The molecule has 0 unspecified atom stereocenters. The first-order valence-corrected chi connectivity index (χ1v) is 9.57. The smallest absolute Gasteiger partial charge is 0.231 e. The van der Waals surface area contributed by atoms with E-state index in [9.17, 15) is 9.59 Å². The van der Waals surface area contributed by atoms with Gasteiger partial charge >= 0.3 is 0 Å². The number of nitrogens with zero attached hydrogens (tertiary/aromatic N) is 2. The fourth-order valence-corrected chi connectivity index (χ4v) is 4.79. The molecule has 0 bridgehead atoms. The minimum atomic E-state index is -0.344. The lowest BCUT2D eigenvalue weighted by molar-refractivity contribution is -0.122. The van der Waals surface area contributed by atoms with Gasteiger partial charge < -0.3 is 10.2 Å². The van der Waals surface area contributed by atoms with Gasteiger partial charge in [0.2, 0.25) is 11.8 Å². The number of carbonyl (C=O) groups is 2. The summed E-state index contributed by atoms with van der Waals surface area (Å²) in [6.45, 7) is 0.401. The number of amides is 2. The van der Waals surface area contributed by atoms with Crippen molar-refractivity contribution in [1.82, 2.24) is 4.98 Å². The van der Waals surface area contributed by atoms with Crippen molar-refractivity contribution in [3.05, 3.63) is 39.3 Å². The third-order valence-corrected chi connectivity index (χ3v) is 6.21. The Labute approximate surface area is 152 Å². The van der Waals surface area contributed by atoms with Crippen LogP contribution in [0.1, 0.15) is 23.4 Å². The number of benzene rings is 1. The number of nitrogens with one attached hydrogen (secondary N) is 1. The first-order chi connectivity index (χ1) is 11.6. The number of aryl methyl sites for hydroxylation is 2. The lowest BCUT2D eigenvalue weighted by atomic mass is 10.1. The van der Waals surface area contributed by atoms with Gasteiger partial charge in [-0.2, -0.15) is 0 Å². The van der Waals surface area contributed by atoms with Gasteiger partial charge in [-0.25, -0.2) is 4.98 Å². The Kier molecular flexibility index (Phi) is 4.14. The van der Waals surface area contributed by atoms with Crippen molar-refractivity contribution in [1.29, 1.82) is 0 Å². The molecule has 2 aromatic rings. The maximum Gasteiger partial charge on any atom is 0.231 e. The molecule has 1 aliphatic carbocycles. The van der Waals surface area contributed by atoms with Crippen LogP contribution in [-0.4, -0.2) is 23.3 Å². The van der Waals surface area contributed by atoms with Crippen LogP contribution < -0.4 is 10.2 Å². The van der Waals surface area contributed by atoms with Crippen LogP contribution in [0, 0.1) is 5.92 Å². The van der Waals surface area contributed by atoms with E-state index in [0.717, 1.165) is 35.1 Å². The molecule has 1 aromatic heterocycles. The molecule has 1 aromatic carbocycles. The molecule has 1 fully saturated rings. The summed E-state index contributed by atoms with van der Waals surface area (Å²) in [6.07, 6.45) is 3.44. The van der Waals surface area contributed by atoms with E-state index in [1.165, 1.54) is 4.88 Å². The number of hydrogen-bond acceptors (Lipinski definition) is 4. The molecule has 1 saturated heterocycles. The summed E-state index contributed by atoms with van der Waals surface area (Å²) in [7, 11) is 0. The predicted molar refractivity (Wildman–Crippen MR) is 97.4 cm³/mol. The Bertz CT molecular complexity index is 798. The monoisotopic (exact) mass is 405 g/mol. The van der Waals surface area contributed by atoms with E-state index in [-0.39, 0.29) is 24.2 Å². The zero-order valence-corrected chi connectivity index (χ0v) is 15.3. The van der Waals surface area contributed by atoms with E-state index in [0.29, 0.717) is 11.7 Å². The topological polar surface area (TPSA) is 62.3 Å². The third kappa shape index (κ3) is 2.86. The van der Waals surface area contributed by atoms with E-state index in [1.54, 1.807) is 16.2 Å². The first kappa shape index (κ1) is 15.8. The molecule has 2 aliphatic rings. The van der Waals surface area contributed by atoms with Gasteiger partial charge in [-0.3, -0.25) is 9.59 Å². The molecule has 2 heterocycles. The van der Waals surface area contributed by atoms with Gasteiger partial charge in [0, 0.05) is 22.3 Å². The van der Waals surface area contributed by atoms with Crippen LogP contribution in [0.5, 0.6) is 0 Å². The molecule has 1 atom stereocenters. The number of para-hydroxylation sites is 1. The molecule has 1 aliphatic heterocycles. The Balaban J connectivity index is 1.46. The van der Waals surface area contributed by atoms with Gasteiger partial charge in [0.15, 0.2) is 5.13 Å². The summed E-state index contributed by atoms with van der Waals surface area (Å²) in [6, 6.07) is 7.57. The minimum Gasteiger partial charge on any atom is -0.310 e. The molecule has 0 saturated carbocycles. The quantitative estimate of drug-likeness (QED) is 0.850. The zero-order chi connectivity index (χ0) is 16.7. The Morgan fingerprint density at radius 3 is 2.96 bits per heavy atom. The molecule has 2 amide bonds. The van der Waals surface area contributed by atoms with Crippen molar-refractivity contribution in [3.63, 3.8) is 0 Å². The van der Waals surface area contributed by atoms with Crippen molar-refractivity contribution >= 4 is 49.9 Å². The highest BCUT2D eigenvalue weighted by molar-refractivity contribution is 9.10. The van der Waals surface area contributed by atoms with Gasteiger partial charge in [-0.15, -0.1) is 11.3 Å². The van der Waals surface area contributed by atoms with Crippen molar-refractivity contribution in [2.24, 2.45) is 5.92 Å². The minimum absolute atomic E-state index is 0.0244. The average molecular weight is 406 g/mol. The Morgan fingerprint density at radius 2 is 2.17 bits per heavy atom. The maximum atomic E-state index is 12.5. The Morgan fingerprint density at radius 1 is 1.33 bits per heavy atom. The van der Waals surface area contributed by atoms with Crippen LogP contribution in [0.4, 0.5) is 10.8 Å². The van der Waals surface area contributed by atoms with Crippen LogP contribution in [0.15, 0.2) is 28.7 Å². The number of anilines is 2. The van der Waals surface area contributed by atoms with Gasteiger partial charge in [0.25, 0.3) is 0 Å². The van der Waals surface area contributed by atoms with Crippen molar-refractivity contribution in [2.45, 2.75) is 25.7 Å². The van der Waals surface area contributed by atoms with Crippen LogP contribution in [0.25, 0.3) is 0 Å². The SMILES string of the molecule is O=C(Nc1nc2c(s1)CCC2)[C@@H]1CC(=O)N(c2ccccc2Br)C1. The summed E-state index contributed by atoms with van der Waals surface area (Å²) in [5.41, 5.74) is 1.93. The molecule has 5 nitrogen and oxygen atoms in total. The highest BCUT2D eigenvalue weighted by Crippen LogP contribution is 2.33. The molecule has 1 N–H and O–H groups in total. The fraction of sp³-hybridized carbons (Fsp3) is 0.353. The summed E-state index contributed by atoms with van der Waals surface area (Å²) in [4.78, 5) is 32.3. The highest BCUT2D eigenvalue weighted by atomic mass is 79.9. The van der Waals surface area contributed by atoms with E-state index in [1.807, 2.05) is 24.3 Å². The lowest BCUT2D eigenvalue weighted by Gasteiger charge is -2.18. The van der Waals surface area contributed by atoms with Crippen LogP contribution in [0.3, 0.4) is 0 Å². The number of carbonyl (C=O) groups excluding carboxylic acids is 2. The van der Waals surface area contributed by atoms with Crippen LogP contribution in [0.2, 0.25) is 0 Å². The predicted octanol–water partition coefficient (Wildman–Crippen LogP) is 3.39. The van der Waals surface area contributed by atoms with Crippen LogP contribution >= 0.6 is 27.3 Å². The summed E-state index contributed by atoms with van der Waals surface area (Å²) >= 11 is 5.03. The summed E-state index contributed by atoms with van der Waals surface area (Å²) < 4.78 is 0.857. The van der Waals surface area contributed by atoms with Gasteiger partial charge in [0.05, 0.1) is 17.3 Å². The Hall–Kier alpha value is -1.73. The van der Waals surface area contributed by atoms with E-state index in [2.05, 4.69) is 26.2 Å². The lowest BCUT2D eigenvalue weighted by Crippen LogP contribution is -2.28. The third-order valence-electron chi connectivity index (χ3n) is 4.46. The number of halogens is 1. The largest absolute Gasteiger partial charge is 0.310 e. The molecule has 7 heteroatoms. The molecule has 124 valence electrons. The van der Waals surface area contributed by atoms with Gasteiger partial charge in [0.1, 0.15) is 0 Å². The second kappa shape index (κ2) is 6.29. The second-order valence-electron chi connectivity index (χ2n) is 6.09. The van der Waals surface area contributed by atoms with E-state index < -0.39 is 0 Å². The number of fused-ring (bicyclic) bond motifs is 1. The average Bonchev–Trinajstić information content (AvgIpc) is 3.22. The van der Waals surface area contributed by atoms with E-state index in [4.69, 9.17) is 0 Å². The van der Waals surface area contributed by atoms with Crippen molar-refractivity contribution < 1.29 is 9.59 Å². The molecule has 4 rings (SSSR count). The maximum absolute atomic E-state index is 12.5. The molecule has 0 spiro atoms. The number of hydrogen-bond donors (Lipinski definition) is 1. The van der Waals surface area contributed by atoms with Crippen molar-refractivity contribution in [3.8, 4) is 0 Å². The van der Waals surface area contributed by atoms with Crippen LogP contribution in [-0.2, 0) is 22.4 Å². The first-order valence-electron chi connectivity index (χ1n) is 7.96. The number of aromatic nitrogens is 1. The highest BCUT2D eigenvalue weighted by Gasteiger charge is 2.36. The van der Waals surface area contributed by atoms with Gasteiger partial charge in [-0.05, 0) is 47.3 Å². The van der Waals surface area contributed by atoms with Crippen molar-refractivity contribution in [2.75, 3.05) is 16.8 Å². The molecule has 0 radical (unpaired) electrons. The van der Waals surface area contributed by atoms with Gasteiger partial charge in [-0.1, -0.05) is 12.1 Å². The standard InChI is InChI=1S/C17H16BrN3O2S/c18-11-4-1-2-6-13(11)21-9-10(8-15(21)22)16(23)20-17-19-12-5-3-7-14(12)24-17/h1-2,4,6,10H,3,5,7-9H2,(H,19,20,23)/t10-/m1/s1. The number of rotatable bonds is 3.